The largest absolute Gasteiger partial charge is 0.378 e. The van der Waals surface area contributed by atoms with Crippen LogP contribution >= 0.6 is 0 Å². The third kappa shape index (κ3) is 3.31. The van der Waals surface area contributed by atoms with E-state index in [1.165, 1.54) is 0 Å². The van der Waals surface area contributed by atoms with E-state index in [2.05, 4.69) is 38.4 Å². The Balaban J connectivity index is 1.74. The number of ether oxygens (including phenoxy) is 1. The second-order valence-corrected chi connectivity index (χ2v) is 8.07. The van der Waals surface area contributed by atoms with Gasteiger partial charge in [0.1, 0.15) is 11.3 Å². The number of hydrogen-bond acceptors (Lipinski definition) is 4. The van der Waals surface area contributed by atoms with E-state index in [-0.39, 0.29) is 6.10 Å². The van der Waals surface area contributed by atoms with E-state index in [0.29, 0.717) is 18.2 Å². The summed E-state index contributed by atoms with van der Waals surface area (Å²) < 4.78 is 8.18. The van der Waals surface area contributed by atoms with Gasteiger partial charge in [0.15, 0.2) is 5.69 Å². The summed E-state index contributed by atoms with van der Waals surface area (Å²) in [6, 6.07) is 10.1. The minimum Gasteiger partial charge on any atom is -0.378 e. The highest BCUT2D eigenvalue weighted by Gasteiger charge is 2.26. The Hall–Kier alpha value is -3.30. The highest BCUT2D eigenvalue weighted by Crippen LogP contribution is 2.35. The lowest BCUT2D eigenvalue weighted by atomic mass is 10.0. The lowest BCUT2D eigenvalue weighted by Gasteiger charge is -2.30. The summed E-state index contributed by atoms with van der Waals surface area (Å²) >= 11 is 0. The number of pyridine rings is 2. The summed E-state index contributed by atoms with van der Waals surface area (Å²) in [6.45, 7) is 12.3. The molecule has 150 valence electrons. The molecule has 0 aliphatic carbocycles. The van der Waals surface area contributed by atoms with Crippen LogP contribution in [-0.4, -0.2) is 32.2 Å². The van der Waals surface area contributed by atoms with Crippen LogP contribution in [0.4, 0.5) is 5.69 Å². The van der Waals surface area contributed by atoms with E-state index in [4.69, 9.17) is 16.3 Å². The monoisotopic (exact) mass is 397 g/mol. The van der Waals surface area contributed by atoms with Crippen molar-refractivity contribution < 1.29 is 4.74 Å². The number of nitrogens with zero attached hydrogens (tertiary/aromatic N) is 5. The van der Waals surface area contributed by atoms with Gasteiger partial charge in [0, 0.05) is 36.3 Å². The van der Waals surface area contributed by atoms with Crippen LogP contribution in [0, 0.1) is 13.5 Å². The second kappa shape index (κ2) is 7.51. The molecule has 2 atom stereocenters. The topological polar surface area (TPSA) is 57.2 Å². The molecule has 6 heteroatoms. The molecule has 0 saturated carbocycles. The maximum atomic E-state index is 7.43. The van der Waals surface area contributed by atoms with Crippen LogP contribution in [0.5, 0.6) is 0 Å². The smallest absolute Gasteiger partial charge is 0.188 e. The molecule has 1 aliphatic rings. The van der Waals surface area contributed by atoms with Crippen molar-refractivity contribution in [2.75, 3.05) is 6.61 Å². The summed E-state index contributed by atoms with van der Waals surface area (Å²) in [5.41, 5.74) is 5.57. The van der Waals surface area contributed by atoms with Gasteiger partial charge in [-0.05, 0) is 50.5 Å². The Bertz CT molecular complexity index is 1270. The molecule has 5 rings (SSSR count). The van der Waals surface area contributed by atoms with Crippen molar-refractivity contribution in [1.29, 1.82) is 0 Å². The van der Waals surface area contributed by atoms with E-state index in [1.54, 1.807) is 0 Å². The predicted molar refractivity (Wildman–Crippen MR) is 117 cm³/mol. The number of rotatable bonds is 3. The van der Waals surface area contributed by atoms with Crippen molar-refractivity contribution in [2.45, 2.75) is 45.3 Å². The van der Waals surface area contributed by atoms with E-state index in [0.717, 1.165) is 58.5 Å². The van der Waals surface area contributed by atoms with Gasteiger partial charge in [0.2, 0.25) is 0 Å². The number of benzene rings is 1. The summed E-state index contributed by atoms with van der Waals surface area (Å²) in [4.78, 5) is 17.8. The Morgan fingerprint density at radius 1 is 1.17 bits per heavy atom. The van der Waals surface area contributed by atoms with Gasteiger partial charge in [-0.25, -0.2) is 9.83 Å². The van der Waals surface area contributed by atoms with Crippen LogP contribution in [0.1, 0.15) is 42.9 Å². The first kappa shape index (κ1) is 18.7. The third-order valence-corrected chi connectivity index (χ3v) is 5.84. The zero-order valence-corrected chi connectivity index (χ0v) is 17.2. The van der Waals surface area contributed by atoms with Crippen LogP contribution in [0.15, 0.2) is 42.7 Å². The highest BCUT2D eigenvalue weighted by atomic mass is 16.5. The fourth-order valence-electron chi connectivity index (χ4n) is 4.37. The fourth-order valence-corrected chi connectivity index (χ4v) is 4.37. The van der Waals surface area contributed by atoms with E-state index >= 15 is 0 Å². The average Bonchev–Trinajstić information content (AvgIpc) is 3.13. The quantitative estimate of drug-likeness (QED) is 0.448. The molecule has 6 nitrogen and oxygen atoms in total. The van der Waals surface area contributed by atoms with Crippen LogP contribution < -0.4 is 0 Å². The van der Waals surface area contributed by atoms with Crippen molar-refractivity contribution >= 4 is 27.6 Å². The Morgan fingerprint density at radius 3 is 2.83 bits per heavy atom. The van der Waals surface area contributed by atoms with Gasteiger partial charge in [-0.2, -0.15) is 0 Å². The van der Waals surface area contributed by atoms with Gasteiger partial charge in [-0.15, -0.1) is 0 Å². The van der Waals surface area contributed by atoms with Crippen molar-refractivity contribution in [3.05, 3.63) is 71.2 Å². The molecule has 30 heavy (non-hydrogen) atoms. The van der Waals surface area contributed by atoms with Gasteiger partial charge in [-0.1, -0.05) is 12.1 Å². The molecule has 1 aromatic carbocycles. The van der Waals surface area contributed by atoms with Crippen molar-refractivity contribution in [3.63, 3.8) is 0 Å². The van der Waals surface area contributed by atoms with Crippen LogP contribution in [0.3, 0.4) is 0 Å². The first-order valence-electron chi connectivity index (χ1n) is 10.3. The van der Waals surface area contributed by atoms with Crippen molar-refractivity contribution in [3.8, 4) is 0 Å². The number of aryl methyl sites for hydroxylation is 1. The number of fused-ring (bicyclic) bond motifs is 3. The molecule has 0 N–H and O–H groups in total. The number of aromatic nitrogens is 4. The maximum absolute atomic E-state index is 7.43. The van der Waals surface area contributed by atoms with Gasteiger partial charge < -0.3 is 9.30 Å². The Labute approximate surface area is 175 Å². The summed E-state index contributed by atoms with van der Waals surface area (Å²) in [5.74, 6) is 0.989. The van der Waals surface area contributed by atoms with E-state index in [9.17, 15) is 0 Å². The van der Waals surface area contributed by atoms with Crippen LogP contribution in [0.25, 0.3) is 26.8 Å². The first-order valence-corrected chi connectivity index (χ1v) is 10.3. The highest BCUT2D eigenvalue weighted by molar-refractivity contribution is 6.03. The summed E-state index contributed by atoms with van der Waals surface area (Å²) in [6.07, 6.45) is 6.49. The maximum Gasteiger partial charge on any atom is 0.188 e. The summed E-state index contributed by atoms with van der Waals surface area (Å²) in [5, 5.41) is 0.982. The second-order valence-electron chi connectivity index (χ2n) is 8.07. The normalized spacial score (nSPS) is 19.2. The molecule has 1 saturated heterocycles. The zero-order valence-electron chi connectivity index (χ0n) is 17.2. The molecule has 1 fully saturated rings. The fraction of sp³-hybridized carbons (Fsp3) is 0.333. The minimum atomic E-state index is 0.207. The van der Waals surface area contributed by atoms with Crippen LogP contribution in [0.2, 0.25) is 0 Å². The molecule has 0 amide bonds. The molecule has 4 aromatic rings. The van der Waals surface area contributed by atoms with Gasteiger partial charge in [0.05, 0.1) is 29.9 Å². The van der Waals surface area contributed by atoms with Gasteiger partial charge in [-0.3, -0.25) is 9.97 Å². The SMILES string of the molecule is [C-]#[N+]c1ccc2ncc3nc(Cc4ccc(C)cn4)n([C@@H]4CCO[C@H](C)C4)c3c2c1. The molecular formula is C24H23N5O. The van der Waals surface area contributed by atoms with Crippen molar-refractivity contribution in [2.24, 2.45) is 0 Å². The zero-order chi connectivity index (χ0) is 20.7. The predicted octanol–water partition coefficient (Wildman–Crippen LogP) is 5.17. The number of imidazole rings is 1. The molecule has 0 bridgehead atoms. The van der Waals surface area contributed by atoms with E-state index in [1.807, 2.05) is 37.5 Å². The van der Waals surface area contributed by atoms with Crippen LogP contribution in [-0.2, 0) is 11.2 Å². The van der Waals surface area contributed by atoms with Crippen molar-refractivity contribution in [1.82, 2.24) is 19.5 Å². The molecule has 4 heterocycles. The standard InChI is InChI=1S/C24H23N5O/c1-15-4-5-18(26-13-15)12-23-28-22-14-27-21-7-6-17(25-3)11-20(21)24(22)29(23)19-8-9-30-16(2)10-19/h4-7,11,13-14,16,19H,8-10,12H2,1-2H3/t16-,19-/m1/s1. The molecular weight excluding hydrogens is 374 g/mol. The van der Waals surface area contributed by atoms with Gasteiger partial charge in [0.25, 0.3) is 0 Å². The molecule has 0 radical (unpaired) electrons. The third-order valence-electron chi connectivity index (χ3n) is 5.84. The number of hydrogen-bond donors (Lipinski definition) is 0. The lowest BCUT2D eigenvalue weighted by Crippen LogP contribution is -2.26. The summed E-state index contributed by atoms with van der Waals surface area (Å²) in [7, 11) is 0. The average molecular weight is 397 g/mol. The van der Waals surface area contributed by atoms with E-state index < -0.39 is 0 Å². The molecule has 1 aliphatic heterocycles. The van der Waals surface area contributed by atoms with Gasteiger partial charge >= 0.3 is 0 Å². The molecule has 0 spiro atoms. The minimum absolute atomic E-state index is 0.207. The molecule has 3 aromatic heterocycles. The molecule has 0 unspecified atom stereocenters. The Morgan fingerprint density at radius 2 is 2.07 bits per heavy atom. The lowest BCUT2D eigenvalue weighted by molar-refractivity contribution is 0.00631. The first-order chi connectivity index (χ1) is 14.6. The Kier molecular flexibility index (Phi) is 4.68.